The normalized spacial score (nSPS) is 16.4. The lowest BCUT2D eigenvalue weighted by Gasteiger charge is -2.13. The molecule has 0 unspecified atom stereocenters. The van der Waals surface area contributed by atoms with Gasteiger partial charge >= 0.3 is 0 Å². The second-order valence-electron chi connectivity index (χ2n) is 5.58. The van der Waals surface area contributed by atoms with E-state index in [1.165, 1.54) is 5.56 Å². The van der Waals surface area contributed by atoms with Crippen molar-refractivity contribution in [3.63, 3.8) is 0 Å². The van der Waals surface area contributed by atoms with E-state index in [9.17, 15) is 8.42 Å². The van der Waals surface area contributed by atoms with E-state index in [4.69, 9.17) is 11.6 Å². The quantitative estimate of drug-likeness (QED) is 0.720. The van der Waals surface area contributed by atoms with Gasteiger partial charge in [-0.15, -0.1) is 0 Å². The summed E-state index contributed by atoms with van der Waals surface area (Å²) in [5.74, 6) is 0. The Hall–Kier alpha value is -0.620. The van der Waals surface area contributed by atoms with Crippen molar-refractivity contribution in [2.45, 2.75) is 51.0 Å². The van der Waals surface area contributed by atoms with Gasteiger partial charge in [-0.25, -0.2) is 4.72 Å². The third-order valence-corrected chi connectivity index (χ3v) is 5.21. The van der Waals surface area contributed by atoms with Crippen molar-refractivity contribution in [2.75, 3.05) is 6.54 Å². The van der Waals surface area contributed by atoms with Gasteiger partial charge in [-0.1, -0.05) is 36.6 Å². The van der Waals surface area contributed by atoms with Crippen LogP contribution in [0.25, 0.3) is 0 Å². The zero-order valence-electron chi connectivity index (χ0n) is 12.1. The number of aryl methyl sites for hydroxylation is 1. The summed E-state index contributed by atoms with van der Waals surface area (Å²) >= 11 is 5.93. The third-order valence-electron chi connectivity index (χ3n) is 3.75. The number of unbranched alkanes of at least 4 members (excludes halogenated alkanes) is 1. The molecule has 1 aromatic rings. The van der Waals surface area contributed by atoms with Crippen molar-refractivity contribution in [3.8, 4) is 0 Å². The molecule has 0 bridgehead atoms. The second kappa shape index (κ2) is 8.13. The monoisotopic (exact) mass is 330 g/mol. The largest absolute Gasteiger partial charge is 0.277 e. The molecule has 0 amide bonds. The van der Waals surface area contributed by atoms with E-state index in [0.717, 1.165) is 50.0 Å². The summed E-state index contributed by atoms with van der Waals surface area (Å²) < 4.78 is 29.0. The van der Waals surface area contributed by atoms with Gasteiger partial charge in [0.05, 0.1) is 0 Å². The predicted octanol–water partition coefficient (Wildman–Crippen LogP) is 3.03. The Morgan fingerprint density at radius 3 is 2.67 bits per heavy atom. The van der Waals surface area contributed by atoms with Crippen molar-refractivity contribution in [1.82, 2.24) is 9.44 Å². The lowest BCUT2D eigenvalue weighted by Crippen LogP contribution is -2.41. The molecule has 118 valence electrons. The van der Waals surface area contributed by atoms with Crippen LogP contribution in [0.15, 0.2) is 24.3 Å². The molecule has 0 radical (unpaired) electrons. The van der Waals surface area contributed by atoms with Crippen LogP contribution < -0.4 is 9.44 Å². The number of benzene rings is 1. The second-order valence-corrected chi connectivity index (χ2v) is 7.55. The molecule has 0 heterocycles. The smallest absolute Gasteiger partial charge is 0.202 e. The lowest BCUT2D eigenvalue weighted by molar-refractivity contribution is 0.536. The minimum atomic E-state index is -3.34. The lowest BCUT2D eigenvalue weighted by atomic mass is 10.1. The Balaban J connectivity index is 1.62. The zero-order chi connectivity index (χ0) is 15.1. The minimum absolute atomic E-state index is 0.119. The molecule has 0 atom stereocenters. The van der Waals surface area contributed by atoms with E-state index in [2.05, 4.69) is 9.44 Å². The zero-order valence-corrected chi connectivity index (χ0v) is 13.7. The Labute approximate surface area is 132 Å². The average molecular weight is 331 g/mol. The molecule has 1 saturated carbocycles. The SMILES string of the molecule is O=S(=O)(NCCCCc1cccc(Cl)c1)NC1CCCC1. The molecule has 2 N–H and O–H groups in total. The highest BCUT2D eigenvalue weighted by Crippen LogP contribution is 2.18. The fourth-order valence-corrected chi connectivity index (χ4v) is 4.04. The number of halogens is 1. The Morgan fingerprint density at radius 2 is 1.95 bits per heavy atom. The summed E-state index contributed by atoms with van der Waals surface area (Å²) in [7, 11) is -3.34. The topological polar surface area (TPSA) is 58.2 Å². The molecule has 0 aliphatic heterocycles. The summed E-state index contributed by atoms with van der Waals surface area (Å²) in [6, 6.07) is 7.90. The van der Waals surface area contributed by atoms with Crippen molar-refractivity contribution in [2.24, 2.45) is 0 Å². The van der Waals surface area contributed by atoms with Crippen LogP contribution in [0, 0.1) is 0 Å². The molecule has 1 fully saturated rings. The molecular weight excluding hydrogens is 308 g/mol. The van der Waals surface area contributed by atoms with Gasteiger partial charge in [0.15, 0.2) is 0 Å². The molecule has 6 heteroatoms. The van der Waals surface area contributed by atoms with Gasteiger partial charge in [-0.3, -0.25) is 0 Å². The van der Waals surface area contributed by atoms with Crippen LogP contribution in [0.3, 0.4) is 0 Å². The van der Waals surface area contributed by atoms with Crippen molar-refractivity contribution in [1.29, 1.82) is 0 Å². The van der Waals surface area contributed by atoms with E-state index in [-0.39, 0.29) is 6.04 Å². The Kier molecular flexibility index (Phi) is 6.48. The first-order valence-corrected chi connectivity index (χ1v) is 9.43. The first-order chi connectivity index (χ1) is 10.1. The molecular formula is C15H23ClN2O2S. The number of hydrogen-bond donors (Lipinski definition) is 2. The third kappa shape index (κ3) is 6.34. The van der Waals surface area contributed by atoms with E-state index in [1.807, 2.05) is 24.3 Å². The average Bonchev–Trinajstić information content (AvgIpc) is 2.90. The van der Waals surface area contributed by atoms with Gasteiger partial charge < -0.3 is 0 Å². The van der Waals surface area contributed by atoms with Crippen LogP contribution in [0.5, 0.6) is 0 Å². The first-order valence-electron chi connectivity index (χ1n) is 7.56. The van der Waals surface area contributed by atoms with Crippen molar-refractivity contribution in [3.05, 3.63) is 34.9 Å². The van der Waals surface area contributed by atoms with Gasteiger partial charge in [0.1, 0.15) is 0 Å². The maximum absolute atomic E-state index is 11.8. The molecule has 21 heavy (non-hydrogen) atoms. The van der Waals surface area contributed by atoms with Crippen LogP contribution in [-0.4, -0.2) is 21.0 Å². The van der Waals surface area contributed by atoms with Gasteiger partial charge in [0, 0.05) is 17.6 Å². The number of rotatable bonds is 8. The highest BCUT2D eigenvalue weighted by atomic mass is 35.5. The minimum Gasteiger partial charge on any atom is -0.202 e. The summed E-state index contributed by atoms with van der Waals surface area (Å²) in [6.07, 6.45) is 6.81. The van der Waals surface area contributed by atoms with E-state index in [1.54, 1.807) is 0 Å². The molecule has 1 aliphatic carbocycles. The first kappa shape index (κ1) is 16.7. The molecule has 1 aliphatic rings. The summed E-state index contributed by atoms with van der Waals surface area (Å²) in [4.78, 5) is 0. The Bertz CT molecular complexity index is 542. The van der Waals surface area contributed by atoms with Gasteiger partial charge in [-0.05, 0) is 49.8 Å². The van der Waals surface area contributed by atoms with Crippen LogP contribution in [0.4, 0.5) is 0 Å². The molecule has 0 aromatic heterocycles. The predicted molar refractivity (Wildman–Crippen MR) is 86.7 cm³/mol. The van der Waals surface area contributed by atoms with Crippen LogP contribution in [0.1, 0.15) is 44.1 Å². The summed E-state index contributed by atoms with van der Waals surface area (Å²) in [5, 5.41) is 0.744. The van der Waals surface area contributed by atoms with Crippen LogP contribution >= 0.6 is 11.6 Å². The Morgan fingerprint density at radius 1 is 1.19 bits per heavy atom. The van der Waals surface area contributed by atoms with E-state index in [0.29, 0.717) is 6.54 Å². The standard InChI is InChI=1S/C15H23ClN2O2S/c16-14-8-5-7-13(12-14)6-3-4-11-17-21(19,20)18-15-9-1-2-10-15/h5,7-8,12,15,17-18H,1-4,6,9-11H2. The van der Waals surface area contributed by atoms with Crippen molar-refractivity contribution >= 4 is 21.8 Å². The maximum Gasteiger partial charge on any atom is 0.277 e. The highest BCUT2D eigenvalue weighted by Gasteiger charge is 2.20. The van der Waals surface area contributed by atoms with Crippen LogP contribution in [-0.2, 0) is 16.6 Å². The maximum atomic E-state index is 11.8. The summed E-state index contributed by atoms with van der Waals surface area (Å²) in [5.41, 5.74) is 1.19. The fourth-order valence-electron chi connectivity index (χ4n) is 2.66. The molecule has 0 spiro atoms. The van der Waals surface area contributed by atoms with Gasteiger partial charge in [0.25, 0.3) is 10.2 Å². The highest BCUT2D eigenvalue weighted by molar-refractivity contribution is 7.87. The van der Waals surface area contributed by atoms with E-state index < -0.39 is 10.2 Å². The van der Waals surface area contributed by atoms with Crippen LogP contribution in [0.2, 0.25) is 5.02 Å². The fraction of sp³-hybridized carbons (Fsp3) is 0.600. The molecule has 1 aromatic carbocycles. The van der Waals surface area contributed by atoms with Gasteiger partial charge in [0.2, 0.25) is 0 Å². The summed E-state index contributed by atoms with van der Waals surface area (Å²) in [6.45, 7) is 0.475. The number of nitrogens with one attached hydrogen (secondary N) is 2. The van der Waals surface area contributed by atoms with Gasteiger partial charge in [-0.2, -0.15) is 13.1 Å². The molecule has 4 nitrogen and oxygen atoms in total. The molecule has 0 saturated heterocycles. The molecule has 2 rings (SSSR count). The van der Waals surface area contributed by atoms with Crippen molar-refractivity contribution < 1.29 is 8.42 Å². The number of hydrogen-bond acceptors (Lipinski definition) is 2. The van der Waals surface area contributed by atoms with E-state index >= 15 is 0 Å².